The molecule has 0 spiro atoms. The lowest BCUT2D eigenvalue weighted by Crippen LogP contribution is -2.39. The normalized spacial score (nSPS) is 26.1. The zero-order chi connectivity index (χ0) is 11.7. The summed E-state index contributed by atoms with van der Waals surface area (Å²) >= 11 is 0. The maximum atomic E-state index is 4.58. The second kappa shape index (κ2) is 4.41. The Morgan fingerprint density at radius 3 is 3.06 bits per heavy atom. The van der Waals surface area contributed by atoms with Crippen molar-refractivity contribution in [1.82, 2.24) is 10.3 Å². The highest BCUT2D eigenvalue weighted by molar-refractivity contribution is 5.25. The van der Waals surface area contributed by atoms with Gasteiger partial charge in [-0.15, -0.1) is 0 Å². The van der Waals surface area contributed by atoms with Gasteiger partial charge in [0.1, 0.15) is 0 Å². The van der Waals surface area contributed by atoms with Gasteiger partial charge >= 0.3 is 0 Å². The molecule has 2 nitrogen and oxygen atoms in total. The largest absolute Gasteiger partial charge is 0.308 e. The Morgan fingerprint density at radius 1 is 1.41 bits per heavy atom. The molecule has 1 unspecified atom stereocenters. The Balaban J connectivity index is 1.68. The lowest BCUT2D eigenvalue weighted by atomic mass is 9.70. The van der Waals surface area contributed by atoms with E-state index in [1.165, 1.54) is 49.8 Å². The Bertz CT molecular complexity index is 396. The van der Waals surface area contributed by atoms with Gasteiger partial charge in [-0.3, -0.25) is 4.98 Å². The second-order valence-corrected chi connectivity index (χ2v) is 6.04. The van der Waals surface area contributed by atoms with Crippen LogP contribution < -0.4 is 5.32 Å². The lowest BCUT2D eigenvalue weighted by molar-refractivity contribution is 0.148. The van der Waals surface area contributed by atoms with Crippen LogP contribution in [0.25, 0.3) is 0 Å². The fourth-order valence-electron chi connectivity index (χ4n) is 3.13. The Morgan fingerprint density at radius 2 is 2.29 bits per heavy atom. The maximum Gasteiger partial charge on any atom is 0.0605 e. The topological polar surface area (TPSA) is 24.9 Å². The van der Waals surface area contributed by atoms with Crippen molar-refractivity contribution in [2.75, 3.05) is 6.54 Å². The van der Waals surface area contributed by atoms with E-state index < -0.39 is 0 Å². The van der Waals surface area contributed by atoms with E-state index in [1.807, 2.05) is 6.20 Å². The van der Waals surface area contributed by atoms with E-state index in [4.69, 9.17) is 0 Å². The molecule has 0 amide bonds. The molecule has 92 valence electrons. The minimum atomic E-state index is 0.498. The summed E-state index contributed by atoms with van der Waals surface area (Å²) in [6.07, 6.45) is 9.89. The van der Waals surface area contributed by atoms with Gasteiger partial charge in [0.05, 0.1) is 5.69 Å². The Labute approximate surface area is 104 Å². The van der Waals surface area contributed by atoms with E-state index in [-0.39, 0.29) is 0 Å². The van der Waals surface area contributed by atoms with Gasteiger partial charge in [-0.1, -0.05) is 19.4 Å². The van der Waals surface area contributed by atoms with E-state index in [2.05, 4.69) is 29.4 Å². The van der Waals surface area contributed by atoms with Crippen molar-refractivity contribution in [3.63, 3.8) is 0 Å². The minimum Gasteiger partial charge on any atom is -0.308 e. The second-order valence-electron chi connectivity index (χ2n) is 6.04. The lowest BCUT2D eigenvalue weighted by Gasteiger charge is -2.40. The van der Waals surface area contributed by atoms with Crippen LogP contribution in [0.15, 0.2) is 18.3 Å². The van der Waals surface area contributed by atoms with Crippen molar-refractivity contribution < 1.29 is 0 Å². The van der Waals surface area contributed by atoms with Crippen LogP contribution in [-0.2, 0) is 6.42 Å². The quantitative estimate of drug-likeness (QED) is 0.862. The summed E-state index contributed by atoms with van der Waals surface area (Å²) in [5, 5.41) is 3.76. The number of hydrogen-bond acceptors (Lipinski definition) is 2. The average molecular weight is 230 g/mol. The molecule has 3 rings (SSSR count). The van der Waals surface area contributed by atoms with E-state index in [1.54, 1.807) is 0 Å². The summed E-state index contributed by atoms with van der Waals surface area (Å²) < 4.78 is 0. The summed E-state index contributed by atoms with van der Waals surface area (Å²) in [6.45, 7) is 3.57. The third-order valence-corrected chi connectivity index (χ3v) is 4.53. The van der Waals surface area contributed by atoms with Crippen LogP contribution in [0.2, 0.25) is 0 Å². The SMILES string of the molecule is CC1(CNC2CCCc3cccnc32)CCC1. The molecule has 1 aromatic heterocycles. The van der Waals surface area contributed by atoms with Gasteiger partial charge in [0.2, 0.25) is 0 Å². The van der Waals surface area contributed by atoms with Crippen LogP contribution in [0.4, 0.5) is 0 Å². The van der Waals surface area contributed by atoms with Crippen LogP contribution in [-0.4, -0.2) is 11.5 Å². The molecule has 0 aromatic carbocycles. The summed E-state index contributed by atoms with van der Waals surface area (Å²) in [5.74, 6) is 0. The third-order valence-electron chi connectivity index (χ3n) is 4.53. The molecule has 1 N–H and O–H groups in total. The van der Waals surface area contributed by atoms with Crippen molar-refractivity contribution in [3.05, 3.63) is 29.6 Å². The Kier molecular flexibility index (Phi) is 2.91. The number of pyridine rings is 1. The first-order chi connectivity index (χ1) is 8.27. The molecular weight excluding hydrogens is 208 g/mol. The van der Waals surface area contributed by atoms with E-state index in [0.717, 1.165) is 6.54 Å². The van der Waals surface area contributed by atoms with Gasteiger partial charge < -0.3 is 5.32 Å². The van der Waals surface area contributed by atoms with Gasteiger partial charge in [0, 0.05) is 18.8 Å². The molecule has 1 atom stereocenters. The molecule has 0 radical (unpaired) electrons. The van der Waals surface area contributed by atoms with Crippen LogP contribution in [0.5, 0.6) is 0 Å². The number of hydrogen-bond donors (Lipinski definition) is 1. The maximum absolute atomic E-state index is 4.58. The number of fused-ring (bicyclic) bond motifs is 1. The van der Waals surface area contributed by atoms with E-state index >= 15 is 0 Å². The van der Waals surface area contributed by atoms with E-state index in [0.29, 0.717) is 11.5 Å². The summed E-state index contributed by atoms with van der Waals surface area (Å²) in [5.41, 5.74) is 3.32. The van der Waals surface area contributed by atoms with Gasteiger partial charge in [-0.25, -0.2) is 0 Å². The minimum absolute atomic E-state index is 0.498. The molecule has 1 fully saturated rings. The van der Waals surface area contributed by atoms with Crippen molar-refractivity contribution in [1.29, 1.82) is 0 Å². The zero-order valence-corrected chi connectivity index (χ0v) is 10.7. The summed E-state index contributed by atoms with van der Waals surface area (Å²) in [4.78, 5) is 4.58. The average Bonchev–Trinajstić information content (AvgIpc) is 2.34. The van der Waals surface area contributed by atoms with Crippen molar-refractivity contribution >= 4 is 0 Å². The predicted octanol–water partition coefficient (Wildman–Crippen LogP) is 3.24. The third kappa shape index (κ3) is 2.23. The number of rotatable bonds is 3. The van der Waals surface area contributed by atoms with Crippen LogP contribution in [0.3, 0.4) is 0 Å². The van der Waals surface area contributed by atoms with Gasteiger partial charge in [-0.2, -0.15) is 0 Å². The molecule has 1 saturated carbocycles. The summed E-state index contributed by atoms with van der Waals surface area (Å²) in [6, 6.07) is 4.80. The smallest absolute Gasteiger partial charge is 0.0605 e. The highest BCUT2D eigenvalue weighted by atomic mass is 15.0. The molecule has 1 aromatic rings. The highest BCUT2D eigenvalue weighted by Gasteiger charge is 2.32. The van der Waals surface area contributed by atoms with Crippen molar-refractivity contribution in [2.45, 2.75) is 51.5 Å². The summed E-state index contributed by atoms with van der Waals surface area (Å²) in [7, 11) is 0. The number of nitrogens with zero attached hydrogens (tertiary/aromatic N) is 1. The van der Waals surface area contributed by atoms with Crippen molar-refractivity contribution in [2.24, 2.45) is 5.41 Å². The zero-order valence-electron chi connectivity index (χ0n) is 10.7. The number of aryl methyl sites for hydroxylation is 1. The number of aromatic nitrogens is 1. The van der Waals surface area contributed by atoms with Crippen LogP contribution in [0.1, 0.15) is 56.3 Å². The standard InChI is InChI=1S/C15H22N2/c1-15(8-4-9-15)11-17-13-7-2-5-12-6-3-10-16-14(12)13/h3,6,10,13,17H,2,4-5,7-9,11H2,1H3. The van der Waals surface area contributed by atoms with Crippen molar-refractivity contribution in [3.8, 4) is 0 Å². The van der Waals surface area contributed by atoms with Crippen LogP contribution >= 0.6 is 0 Å². The first-order valence-electron chi connectivity index (χ1n) is 6.94. The Hall–Kier alpha value is -0.890. The molecular formula is C15H22N2. The molecule has 2 aliphatic carbocycles. The fraction of sp³-hybridized carbons (Fsp3) is 0.667. The first-order valence-corrected chi connectivity index (χ1v) is 6.94. The number of nitrogens with one attached hydrogen (secondary N) is 1. The van der Waals surface area contributed by atoms with Gasteiger partial charge in [-0.05, 0) is 49.1 Å². The van der Waals surface area contributed by atoms with Crippen LogP contribution in [0, 0.1) is 5.41 Å². The fourth-order valence-corrected chi connectivity index (χ4v) is 3.13. The molecule has 0 bridgehead atoms. The van der Waals surface area contributed by atoms with Gasteiger partial charge in [0.15, 0.2) is 0 Å². The predicted molar refractivity (Wildman–Crippen MR) is 69.9 cm³/mol. The first kappa shape index (κ1) is 11.2. The van der Waals surface area contributed by atoms with E-state index in [9.17, 15) is 0 Å². The van der Waals surface area contributed by atoms with Gasteiger partial charge in [0.25, 0.3) is 0 Å². The molecule has 17 heavy (non-hydrogen) atoms. The molecule has 2 heteroatoms. The highest BCUT2D eigenvalue weighted by Crippen LogP contribution is 2.40. The molecule has 0 saturated heterocycles. The molecule has 1 heterocycles. The monoisotopic (exact) mass is 230 g/mol. The molecule has 0 aliphatic heterocycles. The molecule has 2 aliphatic rings.